The van der Waals surface area contributed by atoms with Gasteiger partial charge in [0.05, 0.1) is 11.2 Å². The fourth-order valence-electron chi connectivity index (χ4n) is 2.76. The number of hydrogen-bond acceptors (Lipinski definition) is 3. The van der Waals surface area contributed by atoms with E-state index in [1.807, 2.05) is 6.92 Å². The molecule has 5 heteroatoms. The van der Waals surface area contributed by atoms with Crippen molar-refractivity contribution in [3.05, 3.63) is 35.4 Å². The summed E-state index contributed by atoms with van der Waals surface area (Å²) in [7, 11) is 1.68. The van der Waals surface area contributed by atoms with Gasteiger partial charge in [-0.1, -0.05) is 19.9 Å². The van der Waals surface area contributed by atoms with E-state index in [0.29, 0.717) is 5.56 Å². The maximum absolute atomic E-state index is 12.3. The molecule has 0 heterocycles. The number of nitrogens with one attached hydrogen (secondary N) is 1. The van der Waals surface area contributed by atoms with Crippen molar-refractivity contribution in [2.45, 2.75) is 38.8 Å². The van der Waals surface area contributed by atoms with Gasteiger partial charge in [-0.05, 0) is 31.5 Å². The van der Waals surface area contributed by atoms with E-state index in [9.17, 15) is 9.59 Å². The van der Waals surface area contributed by atoms with E-state index >= 15 is 0 Å². The second kappa shape index (κ2) is 5.15. The Labute approximate surface area is 124 Å². The lowest BCUT2D eigenvalue weighted by molar-refractivity contribution is -0.177. The number of carboxylic acids is 1. The summed E-state index contributed by atoms with van der Waals surface area (Å²) in [4.78, 5) is 23.2. The van der Waals surface area contributed by atoms with Crippen LogP contribution in [0.2, 0.25) is 0 Å². The van der Waals surface area contributed by atoms with Crippen molar-refractivity contribution in [3.63, 3.8) is 0 Å². The lowest BCUT2D eigenvalue weighted by Crippen LogP contribution is -2.68. The number of carbonyl (C=O) groups is 2. The summed E-state index contributed by atoms with van der Waals surface area (Å²) in [6.45, 7) is 6.14. The molecule has 5 nitrogen and oxygen atoms in total. The molecule has 0 saturated heterocycles. The van der Waals surface area contributed by atoms with Crippen molar-refractivity contribution < 1.29 is 19.4 Å². The first-order chi connectivity index (χ1) is 9.71. The molecule has 0 aromatic heterocycles. The third kappa shape index (κ3) is 2.53. The van der Waals surface area contributed by atoms with E-state index in [1.165, 1.54) is 12.1 Å². The maximum atomic E-state index is 12.3. The summed E-state index contributed by atoms with van der Waals surface area (Å²) in [5, 5.41) is 11.9. The number of aromatic carboxylic acids is 1. The van der Waals surface area contributed by atoms with Gasteiger partial charge in [-0.15, -0.1) is 0 Å². The van der Waals surface area contributed by atoms with E-state index in [-0.39, 0.29) is 28.5 Å². The first kappa shape index (κ1) is 15.5. The number of carbonyl (C=O) groups excluding carboxylic acids is 1. The smallest absolute Gasteiger partial charge is 0.335 e. The molecule has 1 aromatic rings. The molecule has 2 atom stereocenters. The van der Waals surface area contributed by atoms with Gasteiger partial charge >= 0.3 is 5.97 Å². The van der Waals surface area contributed by atoms with Crippen LogP contribution in [0.5, 0.6) is 0 Å². The van der Waals surface area contributed by atoms with Crippen LogP contribution >= 0.6 is 0 Å². The fraction of sp³-hybridized carbons (Fsp3) is 0.500. The Balaban J connectivity index is 2.10. The SMILES string of the molecule is COC1(C)CC(NC(=O)c2cccc(C(=O)O)c2)C1(C)C. The van der Waals surface area contributed by atoms with Crippen LogP contribution in [0, 0.1) is 5.41 Å². The van der Waals surface area contributed by atoms with Crippen molar-refractivity contribution >= 4 is 11.9 Å². The van der Waals surface area contributed by atoms with Gasteiger partial charge in [-0.25, -0.2) is 4.79 Å². The molecule has 2 unspecified atom stereocenters. The van der Waals surface area contributed by atoms with E-state index in [4.69, 9.17) is 9.84 Å². The highest BCUT2D eigenvalue weighted by Gasteiger charge is 2.58. The molecule has 1 saturated carbocycles. The second-order valence-electron chi connectivity index (χ2n) is 6.27. The number of carboxylic acid groups (broad SMARTS) is 1. The number of amides is 1. The lowest BCUT2D eigenvalue weighted by Gasteiger charge is -2.59. The Morgan fingerprint density at radius 1 is 1.29 bits per heavy atom. The van der Waals surface area contributed by atoms with E-state index in [2.05, 4.69) is 19.2 Å². The van der Waals surface area contributed by atoms with Crippen LogP contribution in [-0.2, 0) is 4.74 Å². The predicted molar refractivity (Wildman–Crippen MR) is 78.5 cm³/mol. The fourth-order valence-corrected chi connectivity index (χ4v) is 2.76. The number of methoxy groups -OCH3 is 1. The van der Waals surface area contributed by atoms with E-state index < -0.39 is 5.97 Å². The zero-order valence-electron chi connectivity index (χ0n) is 12.8. The number of hydrogen-bond donors (Lipinski definition) is 2. The zero-order valence-corrected chi connectivity index (χ0v) is 12.8. The van der Waals surface area contributed by atoms with Crippen LogP contribution in [0.25, 0.3) is 0 Å². The minimum absolute atomic E-state index is 0.00318. The van der Waals surface area contributed by atoms with Gasteiger partial charge in [0, 0.05) is 24.1 Å². The summed E-state index contributed by atoms with van der Waals surface area (Å²) < 4.78 is 5.53. The Hall–Kier alpha value is -1.88. The minimum atomic E-state index is -1.04. The molecule has 1 aromatic carbocycles. The predicted octanol–water partition coefficient (Wildman–Crippen LogP) is 2.32. The highest BCUT2D eigenvalue weighted by atomic mass is 16.5. The highest BCUT2D eigenvalue weighted by molar-refractivity contribution is 5.97. The van der Waals surface area contributed by atoms with Crippen LogP contribution in [0.1, 0.15) is 47.9 Å². The van der Waals surface area contributed by atoms with E-state index in [1.54, 1.807) is 19.2 Å². The topological polar surface area (TPSA) is 75.6 Å². The van der Waals surface area contributed by atoms with Crippen molar-refractivity contribution in [1.82, 2.24) is 5.32 Å². The Morgan fingerprint density at radius 3 is 2.43 bits per heavy atom. The molecule has 0 radical (unpaired) electrons. The van der Waals surface area contributed by atoms with Crippen molar-refractivity contribution in [2.24, 2.45) is 5.41 Å². The molecule has 2 N–H and O–H groups in total. The summed E-state index contributed by atoms with van der Waals surface area (Å²) in [5.74, 6) is -1.30. The quantitative estimate of drug-likeness (QED) is 0.892. The van der Waals surface area contributed by atoms with Gasteiger partial charge in [0.15, 0.2) is 0 Å². The molecule has 1 aliphatic carbocycles. The minimum Gasteiger partial charge on any atom is -0.478 e. The molecular formula is C16H21NO4. The van der Waals surface area contributed by atoms with Crippen LogP contribution in [-0.4, -0.2) is 35.7 Å². The molecular weight excluding hydrogens is 270 g/mol. The molecule has 114 valence electrons. The molecule has 0 spiro atoms. The molecule has 21 heavy (non-hydrogen) atoms. The third-order valence-corrected chi connectivity index (χ3v) is 4.96. The first-order valence-electron chi connectivity index (χ1n) is 6.90. The van der Waals surface area contributed by atoms with Gasteiger partial charge in [-0.2, -0.15) is 0 Å². The van der Waals surface area contributed by atoms with Crippen LogP contribution in [0.4, 0.5) is 0 Å². The zero-order chi connectivity index (χ0) is 15.8. The molecule has 1 amide bonds. The normalized spacial score (nSPS) is 26.8. The Kier molecular flexibility index (Phi) is 3.80. The number of ether oxygens (including phenoxy) is 1. The monoisotopic (exact) mass is 291 g/mol. The van der Waals surface area contributed by atoms with Gasteiger partial charge in [0.25, 0.3) is 5.91 Å². The lowest BCUT2D eigenvalue weighted by atomic mass is 9.56. The summed E-state index contributed by atoms with van der Waals surface area (Å²) in [6.07, 6.45) is 0.737. The van der Waals surface area contributed by atoms with Crippen LogP contribution in [0.3, 0.4) is 0 Å². The first-order valence-corrected chi connectivity index (χ1v) is 6.90. The van der Waals surface area contributed by atoms with Crippen LogP contribution < -0.4 is 5.32 Å². The number of rotatable bonds is 4. The molecule has 2 rings (SSSR count). The second-order valence-corrected chi connectivity index (χ2v) is 6.27. The number of benzene rings is 1. The van der Waals surface area contributed by atoms with Gasteiger partial charge in [0.1, 0.15) is 0 Å². The van der Waals surface area contributed by atoms with Gasteiger partial charge in [-0.3, -0.25) is 4.79 Å². The van der Waals surface area contributed by atoms with E-state index in [0.717, 1.165) is 6.42 Å². The summed E-state index contributed by atoms with van der Waals surface area (Å²) in [6, 6.07) is 6.04. The van der Waals surface area contributed by atoms with Crippen molar-refractivity contribution in [2.75, 3.05) is 7.11 Å². The largest absolute Gasteiger partial charge is 0.478 e. The highest BCUT2D eigenvalue weighted by Crippen LogP contribution is 2.51. The molecule has 1 fully saturated rings. The van der Waals surface area contributed by atoms with Gasteiger partial charge < -0.3 is 15.2 Å². The average molecular weight is 291 g/mol. The summed E-state index contributed by atoms with van der Waals surface area (Å²) in [5.41, 5.74) is 0.0318. The molecule has 1 aliphatic rings. The average Bonchev–Trinajstić information content (AvgIpc) is 2.46. The molecule has 0 bridgehead atoms. The van der Waals surface area contributed by atoms with Crippen molar-refractivity contribution in [1.29, 1.82) is 0 Å². The van der Waals surface area contributed by atoms with Crippen molar-refractivity contribution in [3.8, 4) is 0 Å². The Morgan fingerprint density at radius 2 is 1.90 bits per heavy atom. The third-order valence-electron chi connectivity index (χ3n) is 4.96. The summed E-state index contributed by atoms with van der Waals surface area (Å²) >= 11 is 0. The molecule has 0 aliphatic heterocycles. The maximum Gasteiger partial charge on any atom is 0.335 e. The van der Waals surface area contributed by atoms with Gasteiger partial charge in [0.2, 0.25) is 0 Å². The van der Waals surface area contributed by atoms with Crippen LogP contribution in [0.15, 0.2) is 24.3 Å². The standard InChI is InChI=1S/C16H21NO4/c1-15(2)12(9-16(15,3)21-4)17-13(18)10-6-5-7-11(8-10)14(19)20/h5-8,12H,9H2,1-4H3,(H,17,18)(H,19,20). The Bertz CT molecular complexity index is 581.